The molecule has 0 saturated heterocycles. The van der Waals surface area contributed by atoms with E-state index >= 15 is 0 Å². The Morgan fingerprint density at radius 2 is 1.81 bits per heavy atom. The Kier molecular flexibility index (Phi) is 4.18. The van der Waals surface area contributed by atoms with Gasteiger partial charge in [-0.1, -0.05) is 18.2 Å². The second-order valence-electron chi connectivity index (χ2n) is 6.06. The summed E-state index contributed by atoms with van der Waals surface area (Å²) in [5, 5.41) is 19.7. The van der Waals surface area contributed by atoms with Gasteiger partial charge in [-0.05, 0) is 48.9 Å². The lowest BCUT2D eigenvalue weighted by Gasteiger charge is -2.00. The number of hydrogen-bond donors (Lipinski definition) is 0. The molecular weight excluding hydrogens is 342 g/mol. The highest BCUT2D eigenvalue weighted by Crippen LogP contribution is 2.33. The molecule has 0 aliphatic rings. The lowest BCUT2D eigenvalue weighted by molar-refractivity contribution is -0.384. The molecule has 27 heavy (non-hydrogen) atoms. The fraction of sp³-hybridized carbons (Fsp3) is 0.0500. The standard InChI is InChI=1S/C20H15N5O2/c1-14-5-4-6-16(13-14)22-23-20-19(21-18-7-2-3-12-24(18)20)15-8-10-17(11-9-15)25(26)27/h2-13H,1H3. The molecule has 7 heteroatoms. The highest BCUT2D eigenvalue weighted by atomic mass is 16.6. The van der Waals surface area contributed by atoms with Crippen LogP contribution in [0, 0.1) is 17.0 Å². The summed E-state index contributed by atoms with van der Waals surface area (Å²) in [6, 6.07) is 19.7. The van der Waals surface area contributed by atoms with Gasteiger partial charge in [0.15, 0.2) is 5.82 Å². The van der Waals surface area contributed by atoms with E-state index in [1.807, 2.05) is 60.0 Å². The summed E-state index contributed by atoms with van der Waals surface area (Å²) in [5.74, 6) is 0.570. The van der Waals surface area contributed by atoms with Gasteiger partial charge in [-0.2, -0.15) is 0 Å². The summed E-state index contributed by atoms with van der Waals surface area (Å²) >= 11 is 0. The molecule has 2 aromatic carbocycles. The number of imidazole rings is 1. The molecule has 0 saturated carbocycles. The number of nitrogens with zero attached hydrogens (tertiary/aromatic N) is 5. The molecule has 4 rings (SSSR count). The molecule has 2 heterocycles. The van der Waals surface area contributed by atoms with Gasteiger partial charge < -0.3 is 0 Å². The molecule has 0 amide bonds. The molecule has 2 aromatic heterocycles. The van der Waals surface area contributed by atoms with E-state index in [9.17, 15) is 10.1 Å². The SMILES string of the molecule is Cc1cccc(N=Nc2c(-c3ccc([N+](=O)[O-])cc3)nc3ccccn23)c1. The number of non-ortho nitro benzene ring substituents is 1. The fourth-order valence-electron chi connectivity index (χ4n) is 2.81. The second kappa shape index (κ2) is 6.80. The second-order valence-corrected chi connectivity index (χ2v) is 6.06. The number of nitro benzene ring substituents is 1. The van der Waals surface area contributed by atoms with Crippen LogP contribution >= 0.6 is 0 Å². The number of aromatic nitrogens is 2. The van der Waals surface area contributed by atoms with Gasteiger partial charge in [-0.15, -0.1) is 10.2 Å². The zero-order valence-corrected chi connectivity index (χ0v) is 14.5. The molecule has 0 spiro atoms. The van der Waals surface area contributed by atoms with Crippen LogP contribution in [0.2, 0.25) is 0 Å². The van der Waals surface area contributed by atoms with Crippen molar-refractivity contribution in [3.05, 3.63) is 88.6 Å². The highest BCUT2D eigenvalue weighted by Gasteiger charge is 2.15. The Labute approximate surface area is 154 Å². The van der Waals surface area contributed by atoms with E-state index in [4.69, 9.17) is 0 Å². The normalized spacial score (nSPS) is 11.3. The van der Waals surface area contributed by atoms with Gasteiger partial charge in [-0.25, -0.2) is 4.98 Å². The smallest absolute Gasteiger partial charge is 0.269 e. The Morgan fingerprint density at radius 1 is 1.00 bits per heavy atom. The van der Waals surface area contributed by atoms with Gasteiger partial charge in [0.2, 0.25) is 0 Å². The molecule has 0 bridgehead atoms. The van der Waals surface area contributed by atoms with Crippen molar-refractivity contribution in [2.24, 2.45) is 10.2 Å². The Bertz CT molecular complexity index is 1160. The summed E-state index contributed by atoms with van der Waals surface area (Å²) in [6.07, 6.45) is 1.86. The summed E-state index contributed by atoms with van der Waals surface area (Å²) in [4.78, 5) is 15.1. The zero-order chi connectivity index (χ0) is 18.8. The molecule has 0 aliphatic carbocycles. The summed E-state index contributed by atoms with van der Waals surface area (Å²) in [7, 11) is 0. The maximum atomic E-state index is 10.9. The molecule has 0 unspecified atom stereocenters. The first kappa shape index (κ1) is 16.6. The van der Waals surface area contributed by atoms with E-state index in [1.165, 1.54) is 12.1 Å². The Balaban J connectivity index is 1.83. The number of benzene rings is 2. The largest absolute Gasteiger partial charge is 0.283 e. The summed E-state index contributed by atoms with van der Waals surface area (Å²) in [5.41, 5.74) is 3.96. The fourth-order valence-corrected chi connectivity index (χ4v) is 2.81. The monoisotopic (exact) mass is 357 g/mol. The van der Waals surface area contributed by atoms with E-state index in [1.54, 1.807) is 12.1 Å². The van der Waals surface area contributed by atoms with E-state index in [2.05, 4.69) is 15.2 Å². The first-order valence-electron chi connectivity index (χ1n) is 8.32. The van der Waals surface area contributed by atoms with Gasteiger partial charge in [0.05, 0.1) is 10.6 Å². The minimum absolute atomic E-state index is 0.0328. The molecular formula is C20H15N5O2. The van der Waals surface area contributed by atoms with Crippen LogP contribution in [-0.4, -0.2) is 14.3 Å². The van der Waals surface area contributed by atoms with Crippen LogP contribution in [0.4, 0.5) is 17.2 Å². The van der Waals surface area contributed by atoms with Crippen molar-refractivity contribution in [2.45, 2.75) is 6.92 Å². The van der Waals surface area contributed by atoms with E-state index in [0.29, 0.717) is 11.5 Å². The van der Waals surface area contributed by atoms with Crippen LogP contribution in [-0.2, 0) is 0 Å². The zero-order valence-electron chi connectivity index (χ0n) is 14.5. The average Bonchev–Trinajstić information content (AvgIpc) is 3.05. The Morgan fingerprint density at radius 3 is 2.56 bits per heavy atom. The van der Waals surface area contributed by atoms with Crippen molar-refractivity contribution < 1.29 is 4.92 Å². The number of hydrogen-bond acceptors (Lipinski definition) is 5. The first-order chi connectivity index (χ1) is 13.1. The molecule has 0 fully saturated rings. The van der Waals surface area contributed by atoms with Crippen LogP contribution in [0.1, 0.15) is 5.56 Å². The lowest BCUT2D eigenvalue weighted by Crippen LogP contribution is -1.87. The van der Waals surface area contributed by atoms with Crippen molar-refractivity contribution in [3.63, 3.8) is 0 Å². The highest BCUT2D eigenvalue weighted by molar-refractivity contribution is 5.75. The number of fused-ring (bicyclic) bond motifs is 1. The molecule has 0 aliphatic heterocycles. The van der Waals surface area contributed by atoms with Gasteiger partial charge in [0, 0.05) is 23.9 Å². The van der Waals surface area contributed by atoms with Gasteiger partial charge in [0.1, 0.15) is 11.3 Å². The predicted molar refractivity (Wildman–Crippen MR) is 103 cm³/mol. The maximum absolute atomic E-state index is 10.9. The topological polar surface area (TPSA) is 85.2 Å². The number of nitro groups is 1. The molecule has 0 atom stereocenters. The van der Waals surface area contributed by atoms with Crippen molar-refractivity contribution >= 4 is 22.8 Å². The van der Waals surface area contributed by atoms with Gasteiger partial charge in [0.25, 0.3) is 5.69 Å². The van der Waals surface area contributed by atoms with Crippen molar-refractivity contribution in [1.29, 1.82) is 0 Å². The summed E-state index contributed by atoms with van der Waals surface area (Å²) in [6.45, 7) is 2.00. The third-order valence-corrected chi connectivity index (χ3v) is 4.12. The third kappa shape index (κ3) is 3.30. The first-order valence-corrected chi connectivity index (χ1v) is 8.32. The van der Waals surface area contributed by atoms with E-state index in [0.717, 1.165) is 22.5 Å². The molecule has 7 nitrogen and oxygen atoms in total. The van der Waals surface area contributed by atoms with Crippen LogP contribution in [0.25, 0.3) is 16.9 Å². The minimum Gasteiger partial charge on any atom is -0.283 e. The van der Waals surface area contributed by atoms with Crippen molar-refractivity contribution in [3.8, 4) is 11.3 Å². The van der Waals surface area contributed by atoms with Crippen LogP contribution in [0.5, 0.6) is 0 Å². The average molecular weight is 357 g/mol. The van der Waals surface area contributed by atoms with E-state index < -0.39 is 4.92 Å². The molecule has 4 aromatic rings. The number of pyridine rings is 1. The number of rotatable bonds is 4. The number of azo groups is 1. The van der Waals surface area contributed by atoms with Crippen molar-refractivity contribution in [1.82, 2.24) is 9.38 Å². The van der Waals surface area contributed by atoms with Gasteiger partial charge >= 0.3 is 0 Å². The Hall–Kier alpha value is -3.87. The van der Waals surface area contributed by atoms with Crippen LogP contribution in [0.15, 0.2) is 83.2 Å². The predicted octanol–water partition coefficient (Wildman–Crippen LogP) is 5.63. The van der Waals surface area contributed by atoms with E-state index in [-0.39, 0.29) is 5.69 Å². The van der Waals surface area contributed by atoms with Crippen LogP contribution < -0.4 is 0 Å². The molecule has 0 radical (unpaired) electrons. The molecule has 0 N–H and O–H groups in total. The summed E-state index contributed by atoms with van der Waals surface area (Å²) < 4.78 is 1.84. The molecule has 132 valence electrons. The minimum atomic E-state index is -0.425. The van der Waals surface area contributed by atoms with Crippen molar-refractivity contribution in [2.75, 3.05) is 0 Å². The third-order valence-electron chi connectivity index (χ3n) is 4.12. The van der Waals surface area contributed by atoms with Gasteiger partial charge in [-0.3, -0.25) is 14.5 Å². The quantitative estimate of drug-likeness (QED) is 0.269. The maximum Gasteiger partial charge on any atom is 0.269 e. The lowest BCUT2D eigenvalue weighted by atomic mass is 10.1. The number of aryl methyl sites for hydroxylation is 1. The van der Waals surface area contributed by atoms with Crippen LogP contribution in [0.3, 0.4) is 0 Å².